The van der Waals surface area contributed by atoms with Crippen LogP contribution in [0.25, 0.3) is 0 Å². The summed E-state index contributed by atoms with van der Waals surface area (Å²) in [5.41, 5.74) is 10.2. The molecule has 0 aromatic rings. The molecule has 7 heteroatoms. The van der Waals surface area contributed by atoms with Crippen molar-refractivity contribution >= 4 is 11.9 Å². The number of carbonyl (C=O) groups is 1. The molecule has 174 valence electrons. The van der Waals surface area contributed by atoms with Crippen molar-refractivity contribution < 1.29 is 14.4 Å². The van der Waals surface area contributed by atoms with Gasteiger partial charge in [0.05, 0.1) is 26.2 Å². The Hall–Kier alpha value is -1.34. The van der Waals surface area contributed by atoms with Crippen molar-refractivity contribution in [3.05, 3.63) is 0 Å². The van der Waals surface area contributed by atoms with Crippen LogP contribution in [0.4, 0.5) is 0 Å². The third kappa shape index (κ3) is 18.4. The second kappa shape index (κ2) is 20.0. The maximum Gasteiger partial charge on any atom is 0.320 e. The molecule has 7 N–H and O–H groups in total. The van der Waals surface area contributed by atoms with Gasteiger partial charge < -0.3 is 26.4 Å². The fourth-order valence-corrected chi connectivity index (χ4v) is 3.31. The number of carboxylic acid groups (broad SMARTS) is 1. The quantitative estimate of drug-likeness (QED) is 0.107. The van der Waals surface area contributed by atoms with Crippen molar-refractivity contribution in [2.75, 3.05) is 32.7 Å². The number of unbranched alkanes of at least 4 members (excludes halogenated alkanes) is 4. The van der Waals surface area contributed by atoms with Crippen LogP contribution in [0.2, 0.25) is 0 Å². The van der Waals surface area contributed by atoms with Crippen molar-refractivity contribution in [3.63, 3.8) is 0 Å². The van der Waals surface area contributed by atoms with Gasteiger partial charge in [-0.15, -0.1) is 0 Å². The lowest BCUT2D eigenvalue weighted by atomic mass is 10.1. The molecule has 0 spiro atoms. The SMILES string of the molecule is CCCC[N+](CCCC)(CCCC)CCCC.N=C(N)NCCCC(N)C(=O)O. The Morgan fingerprint density at radius 3 is 1.55 bits per heavy atom. The highest BCUT2D eigenvalue weighted by Crippen LogP contribution is 2.16. The topological polar surface area (TPSA) is 125 Å². The molecule has 0 aliphatic heterocycles. The minimum atomic E-state index is -1.00. The molecular formula is C22H50N5O2+. The lowest BCUT2D eigenvalue weighted by molar-refractivity contribution is -0.929. The predicted octanol–water partition coefficient (Wildman–Crippen LogP) is 3.67. The smallest absolute Gasteiger partial charge is 0.320 e. The molecule has 0 aliphatic rings. The number of carboxylic acids is 1. The standard InChI is InChI=1S/C16H36N.C6H14N4O2/c1-5-9-13-17(14-10-6-2,15-11-7-3)16-12-8-4;7-4(5(11)12)2-1-3-10-6(8)9/h5-16H2,1-4H3;4H,1-3,7H2,(H,11,12)(H4,8,9,10)/q+1;. The fourth-order valence-electron chi connectivity index (χ4n) is 3.31. The first-order valence-corrected chi connectivity index (χ1v) is 11.7. The summed E-state index contributed by atoms with van der Waals surface area (Å²) in [6, 6.07) is -0.821. The Kier molecular flexibility index (Phi) is 20.5. The number of rotatable bonds is 17. The van der Waals surface area contributed by atoms with Gasteiger partial charge in [0.1, 0.15) is 6.04 Å². The molecule has 0 amide bonds. The van der Waals surface area contributed by atoms with Gasteiger partial charge in [0.25, 0.3) is 0 Å². The van der Waals surface area contributed by atoms with Crippen LogP contribution in [0, 0.1) is 5.41 Å². The largest absolute Gasteiger partial charge is 0.480 e. The highest BCUT2D eigenvalue weighted by atomic mass is 16.4. The lowest BCUT2D eigenvalue weighted by Gasteiger charge is -2.39. The average molecular weight is 417 g/mol. The molecular weight excluding hydrogens is 366 g/mol. The molecule has 29 heavy (non-hydrogen) atoms. The van der Waals surface area contributed by atoms with Crippen LogP contribution < -0.4 is 16.8 Å². The Labute approximate surface area is 179 Å². The summed E-state index contributed by atoms with van der Waals surface area (Å²) in [5.74, 6) is -1.11. The number of hydrogen-bond donors (Lipinski definition) is 5. The first-order chi connectivity index (χ1) is 13.8. The number of nitrogens with zero attached hydrogens (tertiary/aromatic N) is 1. The first-order valence-electron chi connectivity index (χ1n) is 11.7. The molecule has 0 aliphatic carbocycles. The normalized spacial score (nSPS) is 12.0. The van der Waals surface area contributed by atoms with Gasteiger partial charge in [0, 0.05) is 6.54 Å². The van der Waals surface area contributed by atoms with Crippen LogP contribution in [0.5, 0.6) is 0 Å². The molecule has 1 atom stereocenters. The van der Waals surface area contributed by atoms with E-state index in [0.29, 0.717) is 19.4 Å². The van der Waals surface area contributed by atoms with E-state index in [2.05, 4.69) is 33.0 Å². The van der Waals surface area contributed by atoms with E-state index in [1.54, 1.807) is 0 Å². The second-order valence-corrected chi connectivity index (χ2v) is 8.08. The predicted molar refractivity (Wildman–Crippen MR) is 124 cm³/mol. The number of aliphatic carboxylic acids is 1. The molecule has 0 aromatic heterocycles. The van der Waals surface area contributed by atoms with Crippen LogP contribution in [0.15, 0.2) is 0 Å². The van der Waals surface area contributed by atoms with Crippen molar-refractivity contribution in [1.82, 2.24) is 5.32 Å². The van der Waals surface area contributed by atoms with E-state index in [9.17, 15) is 4.79 Å². The van der Waals surface area contributed by atoms with Crippen LogP contribution in [0.1, 0.15) is 91.9 Å². The highest BCUT2D eigenvalue weighted by Gasteiger charge is 2.24. The molecule has 0 aromatic carbocycles. The summed E-state index contributed by atoms with van der Waals surface area (Å²) in [4.78, 5) is 10.2. The van der Waals surface area contributed by atoms with E-state index in [4.69, 9.17) is 22.0 Å². The Bertz CT molecular complexity index is 367. The van der Waals surface area contributed by atoms with E-state index < -0.39 is 12.0 Å². The van der Waals surface area contributed by atoms with Crippen LogP contribution in [-0.4, -0.2) is 60.3 Å². The molecule has 0 saturated heterocycles. The van der Waals surface area contributed by atoms with Crippen LogP contribution in [-0.2, 0) is 4.79 Å². The van der Waals surface area contributed by atoms with Gasteiger partial charge >= 0.3 is 5.97 Å². The van der Waals surface area contributed by atoms with Gasteiger partial charge in [-0.25, -0.2) is 0 Å². The van der Waals surface area contributed by atoms with E-state index in [1.165, 1.54) is 82.0 Å². The van der Waals surface area contributed by atoms with Gasteiger partial charge in [-0.05, 0) is 38.5 Å². The van der Waals surface area contributed by atoms with Gasteiger partial charge in [0.2, 0.25) is 0 Å². The van der Waals surface area contributed by atoms with Crippen molar-refractivity contribution in [2.45, 2.75) is 97.9 Å². The molecule has 1 unspecified atom stereocenters. The minimum Gasteiger partial charge on any atom is -0.480 e. The summed E-state index contributed by atoms with van der Waals surface area (Å²) >= 11 is 0. The van der Waals surface area contributed by atoms with Gasteiger partial charge in [-0.2, -0.15) is 0 Å². The monoisotopic (exact) mass is 416 g/mol. The Morgan fingerprint density at radius 1 is 0.897 bits per heavy atom. The molecule has 0 fully saturated rings. The Balaban J connectivity index is 0. The second-order valence-electron chi connectivity index (χ2n) is 8.08. The van der Waals surface area contributed by atoms with E-state index >= 15 is 0 Å². The molecule has 0 rings (SSSR count). The average Bonchev–Trinajstić information content (AvgIpc) is 2.70. The lowest BCUT2D eigenvalue weighted by Crippen LogP contribution is -2.50. The summed E-state index contributed by atoms with van der Waals surface area (Å²) in [6.07, 6.45) is 12.0. The molecule has 0 bridgehead atoms. The zero-order chi connectivity index (χ0) is 22.5. The summed E-state index contributed by atoms with van der Waals surface area (Å²) < 4.78 is 1.42. The number of nitrogens with two attached hydrogens (primary N) is 2. The molecule has 0 radical (unpaired) electrons. The van der Waals surface area contributed by atoms with Crippen LogP contribution in [0.3, 0.4) is 0 Å². The number of quaternary nitrogens is 1. The molecule has 7 nitrogen and oxygen atoms in total. The van der Waals surface area contributed by atoms with Gasteiger partial charge in [0.15, 0.2) is 5.96 Å². The molecule has 0 saturated carbocycles. The fraction of sp³-hybridized carbons (Fsp3) is 0.909. The third-order valence-corrected chi connectivity index (χ3v) is 5.27. The van der Waals surface area contributed by atoms with Gasteiger partial charge in [-0.1, -0.05) is 53.4 Å². The zero-order valence-corrected chi connectivity index (χ0v) is 19.6. The maximum atomic E-state index is 10.2. The summed E-state index contributed by atoms with van der Waals surface area (Å²) in [5, 5.41) is 17.7. The van der Waals surface area contributed by atoms with E-state index in [-0.39, 0.29) is 5.96 Å². The first kappa shape index (κ1) is 29.9. The summed E-state index contributed by atoms with van der Waals surface area (Å²) in [6.45, 7) is 15.5. The minimum absolute atomic E-state index is 0.112. The number of hydrogen-bond acceptors (Lipinski definition) is 3. The maximum absolute atomic E-state index is 10.2. The number of nitrogens with one attached hydrogen (secondary N) is 2. The van der Waals surface area contributed by atoms with E-state index in [0.717, 1.165) is 0 Å². The van der Waals surface area contributed by atoms with Gasteiger partial charge in [-0.3, -0.25) is 10.2 Å². The van der Waals surface area contributed by atoms with E-state index in [1.807, 2.05) is 0 Å². The summed E-state index contributed by atoms with van der Waals surface area (Å²) in [7, 11) is 0. The number of guanidine groups is 1. The third-order valence-electron chi connectivity index (χ3n) is 5.27. The molecule has 0 heterocycles. The van der Waals surface area contributed by atoms with Crippen molar-refractivity contribution in [2.24, 2.45) is 11.5 Å². The Morgan fingerprint density at radius 2 is 1.28 bits per heavy atom. The van der Waals surface area contributed by atoms with Crippen molar-refractivity contribution in [3.8, 4) is 0 Å². The van der Waals surface area contributed by atoms with Crippen LogP contribution >= 0.6 is 0 Å². The van der Waals surface area contributed by atoms with Crippen molar-refractivity contribution in [1.29, 1.82) is 5.41 Å². The zero-order valence-electron chi connectivity index (χ0n) is 19.6. The highest BCUT2D eigenvalue weighted by molar-refractivity contribution is 5.74.